The van der Waals surface area contributed by atoms with E-state index in [4.69, 9.17) is 58.5 Å². The number of likely N-dealkylation sites (N-methyl/N-ethyl adjacent to an activating group) is 2. The molecule has 0 radical (unpaired) electrons. The highest BCUT2D eigenvalue weighted by Crippen LogP contribution is 2.48. The number of hydrogen-bond acceptors (Lipinski definition) is 8. The summed E-state index contributed by atoms with van der Waals surface area (Å²) in [6.45, 7) is 7.41. The van der Waals surface area contributed by atoms with Crippen molar-refractivity contribution < 1.29 is 51.5 Å². The van der Waals surface area contributed by atoms with Gasteiger partial charge in [-0.05, 0) is 160 Å². The molecule has 0 spiro atoms. The van der Waals surface area contributed by atoms with Gasteiger partial charge in [-0.2, -0.15) is 0 Å². The van der Waals surface area contributed by atoms with Crippen LogP contribution in [0.2, 0.25) is 15.1 Å². The molecule has 2 saturated carbocycles. The smallest absolute Gasteiger partial charge is 0.255 e. The summed E-state index contributed by atoms with van der Waals surface area (Å²) in [6, 6.07) is 41.4. The quantitative estimate of drug-likeness (QED) is 0.0769. The van der Waals surface area contributed by atoms with Gasteiger partial charge in [-0.15, -0.1) is 0 Å². The number of benzene rings is 6. The predicted molar refractivity (Wildman–Crippen MR) is 364 cm³/mol. The van der Waals surface area contributed by atoms with E-state index in [9.17, 15) is 14.4 Å². The van der Waals surface area contributed by atoms with Gasteiger partial charge in [0.1, 0.15) is 82.0 Å². The number of rotatable bonds is 17. The first-order valence-corrected chi connectivity index (χ1v) is 33.1. The van der Waals surface area contributed by atoms with Crippen LogP contribution in [0.3, 0.4) is 0 Å². The van der Waals surface area contributed by atoms with E-state index in [1.54, 1.807) is 30.3 Å². The summed E-state index contributed by atoms with van der Waals surface area (Å²) in [6.07, 6.45) is 16.6. The summed E-state index contributed by atoms with van der Waals surface area (Å²) in [5.41, 5.74) is 10.3. The summed E-state index contributed by atoms with van der Waals surface area (Å²) in [5.74, 6) is 3.63. The van der Waals surface area contributed by atoms with Crippen LogP contribution in [0, 0.1) is 11.8 Å². The van der Waals surface area contributed by atoms with Crippen LogP contribution >= 0.6 is 34.8 Å². The topological polar surface area (TPSA) is 133 Å². The van der Waals surface area contributed by atoms with Crippen molar-refractivity contribution in [2.45, 2.75) is 89.3 Å². The van der Waals surface area contributed by atoms with Crippen LogP contribution in [0.5, 0.6) is 17.2 Å². The maximum absolute atomic E-state index is 12.7. The Morgan fingerprint density at radius 2 is 0.813 bits per heavy atom. The molecule has 3 N–H and O–H groups in total. The normalized spacial score (nSPS) is 20.4. The minimum atomic E-state index is -0.164. The van der Waals surface area contributed by atoms with Crippen LogP contribution in [-0.2, 0) is 43.5 Å². The Labute approximate surface area is 551 Å². The number of carbonyl (C=O) groups excluding carboxylic acids is 3. The maximum Gasteiger partial charge on any atom is 0.255 e. The third-order valence-electron chi connectivity index (χ3n) is 18.4. The first-order valence-electron chi connectivity index (χ1n) is 31.9. The fourth-order valence-corrected chi connectivity index (χ4v) is 14.5. The van der Waals surface area contributed by atoms with Gasteiger partial charge in [-0.3, -0.25) is 14.4 Å². The Morgan fingerprint density at radius 1 is 0.451 bits per heavy atom. The molecule has 2 aliphatic carbocycles. The zero-order valence-electron chi connectivity index (χ0n) is 53.2. The van der Waals surface area contributed by atoms with E-state index < -0.39 is 0 Å². The molecule has 5 atom stereocenters. The number of nitrogens with one attached hydrogen (secondary N) is 3. The molecular formula is C74H86Cl3N6O8+3. The lowest BCUT2D eigenvalue weighted by atomic mass is 9.92. The molecule has 13 rings (SSSR count). The SMILES string of the molecule is C[N+](C)(Cc1ccc(NC(=O)C2=Cc3cc(Cl)ccc3OC2)cc1)C[C@@H]1CCCO1.C[N+](C)(Cc1ccc(NC(=O)C2=Cc3cc(Cl)ccc3OC2)cc1)C[C@H]1CCCO1.C[N+](C)(Cc1ccc(NC(=O)C2=Cc3cc(Cl)ccc3OC2)cc1)[C@H]1CC2CCC1C2. The van der Waals surface area contributed by atoms with Crippen molar-refractivity contribution in [3.8, 4) is 17.2 Å². The van der Waals surface area contributed by atoms with Crippen LogP contribution in [0.4, 0.5) is 17.1 Å². The Balaban J connectivity index is 0.000000140. The third-order valence-corrected chi connectivity index (χ3v) is 19.1. The van der Waals surface area contributed by atoms with E-state index in [-0.39, 0.29) is 37.5 Å². The number of carbonyl (C=O) groups is 3. The Kier molecular flexibility index (Phi) is 20.8. The van der Waals surface area contributed by atoms with Crippen molar-refractivity contribution in [2.24, 2.45) is 11.8 Å². The first kappa shape index (κ1) is 65.5. The fourth-order valence-electron chi connectivity index (χ4n) is 14.0. The van der Waals surface area contributed by atoms with Crippen molar-refractivity contribution in [3.63, 3.8) is 0 Å². The summed E-state index contributed by atoms with van der Waals surface area (Å²) >= 11 is 18.2. The van der Waals surface area contributed by atoms with E-state index in [2.05, 4.69) is 94.6 Å². The van der Waals surface area contributed by atoms with Crippen molar-refractivity contribution in [1.82, 2.24) is 0 Å². The van der Waals surface area contributed by atoms with Crippen LogP contribution in [0.1, 0.15) is 84.7 Å². The Morgan fingerprint density at radius 3 is 1.13 bits per heavy atom. The molecule has 91 heavy (non-hydrogen) atoms. The van der Waals surface area contributed by atoms with Gasteiger partial charge in [0.15, 0.2) is 0 Å². The standard InChI is InChI=1S/C26H29ClN2O2.2C24H27ClN2O3/c1-29(2,24-12-18-3-6-19(24)11-18)15-17-4-8-23(9-5-17)28-26(30)21-13-20-14-22(27)7-10-25(20)31-16-21;2*1-27(2,15-22-4-3-11-29-22)14-17-5-8-21(9-6-17)26-24(28)19-12-18-13-20(25)7-10-23(18)30-16-19/h4-5,7-10,13-14,18-19,24H,3,6,11-12,15-16H2,1-2H3;2*5-10,12-13,22H,3-4,11,14-16H2,1-2H3/p+3/t18?,19?,24-;2*22-/m010/s1. The monoisotopic (exact) mass is 1290 g/mol. The summed E-state index contributed by atoms with van der Waals surface area (Å²) in [4.78, 5) is 38.0. The average molecular weight is 1290 g/mol. The van der Waals surface area contributed by atoms with Gasteiger partial charge in [-0.1, -0.05) is 71.2 Å². The Bertz CT molecular complexity index is 3530. The minimum absolute atomic E-state index is 0.142. The number of fused-ring (bicyclic) bond motifs is 5. The minimum Gasteiger partial charge on any atom is -0.488 e. The van der Waals surface area contributed by atoms with Crippen molar-refractivity contribution in [1.29, 1.82) is 0 Å². The molecule has 4 fully saturated rings. The largest absolute Gasteiger partial charge is 0.488 e. The molecule has 14 nitrogen and oxygen atoms in total. The third kappa shape index (κ3) is 17.8. The zero-order chi connectivity index (χ0) is 63.9. The number of nitrogens with zero attached hydrogens (tertiary/aromatic N) is 3. The van der Waals surface area contributed by atoms with Gasteiger partial charge in [0, 0.05) is 91.1 Å². The molecule has 17 heteroatoms. The van der Waals surface area contributed by atoms with Gasteiger partial charge in [0.25, 0.3) is 17.7 Å². The number of halogens is 3. The highest BCUT2D eigenvalue weighted by Gasteiger charge is 2.47. The zero-order valence-corrected chi connectivity index (χ0v) is 55.5. The lowest BCUT2D eigenvalue weighted by Gasteiger charge is -2.40. The van der Waals surface area contributed by atoms with Gasteiger partial charge in [0.2, 0.25) is 0 Å². The van der Waals surface area contributed by atoms with Gasteiger partial charge in [0.05, 0.1) is 65.0 Å². The molecule has 0 aromatic heterocycles. The number of hydrogen-bond donors (Lipinski definition) is 3. The lowest BCUT2D eigenvalue weighted by Crippen LogP contribution is -2.50. The number of quaternary nitrogens is 3. The molecule has 7 aliphatic rings. The molecule has 3 amide bonds. The van der Waals surface area contributed by atoms with Crippen molar-refractivity contribution in [2.75, 3.05) is 104 Å². The molecular weight excluding hydrogens is 1210 g/mol. The van der Waals surface area contributed by atoms with Gasteiger partial charge >= 0.3 is 0 Å². The molecule has 5 heterocycles. The molecule has 2 unspecified atom stereocenters. The number of anilines is 3. The van der Waals surface area contributed by atoms with Gasteiger partial charge < -0.3 is 53.1 Å². The van der Waals surface area contributed by atoms with Gasteiger partial charge in [-0.25, -0.2) is 0 Å². The second-order valence-corrected chi connectivity index (χ2v) is 28.7. The summed E-state index contributed by atoms with van der Waals surface area (Å²) in [5, 5.41) is 10.8. The first-order chi connectivity index (χ1) is 43.6. The number of ether oxygens (including phenoxy) is 5. The van der Waals surface area contributed by atoms with Crippen LogP contribution in [0.25, 0.3) is 18.2 Å². The van der Waals surface area contributed by atoms with E-state index in [0.29, 0.717) is 44.0 Å². The molecule has 6 aromatic carbocycles. The molecule has 478 valence electrons. The highest BCUT2D eigenvalue weighted by atomic mass is 35.5. The molecule has 2 saturated heterocycles. The van der Waals surface area contributed by atoms with Crippen LogP contribution in [0.15, 0.2) is 144 Å². The fraction of sp³-hybridized carbons (Fsp3) is 0.392. The molecule has 2 bridgehead atoms. The van der Waals surface area contributed by atoms with E-state index in [1.165, 1.54) is 55.2 Å². The highest BCUT2D eigenvalue weighted by molar-refractivity contribution is 6.31. The van der Waals surface area contributed by atoms with Crippen LogP contribution in [-0.4, -0.2) is 138 Å². The van der Waals surface area contributed by atoms with Crippen LogP contribution < -0.4 is 30.2 Å². The summed E-state index contributed by atoms with van der Waals surface area (Å²) < 4.78 is 31.4. The van der Waals surface area contributed by atoms with E-state index in [0.717, 1.165) is 141 Å². The predicted octanol–water partition coefficient (Wildman–Crippen LogP) is 14.5. The lowest BCUT2D eigenvalue weighted by molar-refractivity contribution is -0.931. The Hall–Kier alpha value is -6.98. The number of amides is 3. The second-order valence-electron chi connectivity index (χ2n) is 27.4. The second kappa shape index (κ2) is 28.9. The summed E-state index contributed by atoms with van der Waals surface area (Å²) in [7, 11) is 13.7. The average Bonchev–Trinajstić information content (AvgIpc) is 1.98. The van der Waals surface area contributed by atoms with E-state index in [1.807, 2.05) is 78.9 Å². The van der Waals surface area contributed by atoms with Crippen molar-refractivity contribution >= 4 is 87.8 Å². The molecule has 6 aromatic rings. The maximum atomic E-state index is 12.7. The van der Waals surface area contributed by atoms with E-state index >= 15 is 0 Å². The molecule has 5 aliphatic heterocycles. The van der Waals surface area contributed by atoms with Crippen molar-refractivity contribution in [3.05, 3.63) is 193 Å².